The number of fused-ring (bicyclic) bond motifs is 4. The third-order valence-corrected chi connectivity index (χ3v) is 12.9. The molecule has 1 saturated heterocycles. The Morgan fingerprint density at radius 1 is 1.14 bits per heavy atom. The van der Waals surface area contributed by atoms with Gasteiger partial charge in [0.25, 0.3) is 0 Å². The molecule has 1 aromatic carbocycles. The molecule has 8 nitrogen and oxygen atoms in total. The van der Waals surface area contributed by atoms with Crippen LogP contribution in [0.4, 0.5) is 0 Å². The molecule has 2 saturated carbocycles. The lowest BCUT2D eigenvalue weighted by molar-refractivity contribution is 0.102. The summed E-state index contributed by atoms with van der Waals surface area (Å²) in [5.41, 5.74) is 1.49. The number of aromatic nitrogens is 2. The summed E-state index contributed by atoms with van der Waals surface area (Å²) in [5.74, 6) is 0.0655. The molecular weight excluding hydrogens is 488 g/mol. The molecule has 2 aromatic rings. The standard InChI is InChI=1S/C28H36N4O4S/c1-26(2)21-8-10-28(26,23(17-21)32-24(33)18-30(16-13-29)25(32)34)19-37(35,36)31-14-11-27(12-15-31)9-7-20-5-3-4-6-22(20)27/h3-6,18,21,23,33H,7-12,14-17,19H2,1-2H3/t21-,23+,28-/m1/s1. The van der Waals surface area contributed by atoms with E-state index in [1.807, 2.05) is 6.07 Å². The van der Waals surface area contributed by atoms with Gasteiger partial charge in [0.05, 0.1) is 18.0 Å². The fourth-order valence-corrected chi connectivity index (χ4v) is 10.9. The van der Waals surface area contributed by atoms with Crippen molar-refractivity contribution < 1.29 is 13.5 Å². The van der Waals surface area contributed by atoms with E-state index in [0.717, 1.165) is 32.1 Å². The molecular formula is C28H36N4O4S. The molecule has 3 atom stereocenters. The van der Waals surface area contributed by atoms with Crippen LogP contribution in [-0.2, 0) is 28.4 Å². The van der Waals surface area contributed by atoms with Gasteiger partial charge in [-0.15, -0.1) is 0 Å². The summed E-state index contributed by atoms with van der Waals surface area (Å²) in [5, 5.41) is 19.8. The lowest BCUT2D eigenvalue weighted by atomic mass is 9.69. The first kappa shape index (κ1) is 24.7. The molecule has 9 heteroatoms. The van der Waals surface area contributed by atoms with Crippen molar-refractivity contribution in [1.29, 1.82) is 5.26 Å². The van der Waals surface area contributed by atoms with Gasteiger partial charge in [-0.2, -0.15) is 5.26 Å². The molecule has 3 aliphatic carbocycles. The number of aryl methyl sites for hydroxylation is 1. The van der Waals surface area contributed by atoms with Crippen molar-refractivity contribution in [3.05, 3.63) is 52.1 Å². The molecule has 4 aliphatic rings. The zero-order chi connectivity index (χ0) is 26.2. The van der Waals surface area contributed by atoms with E-state index < -0.39 is 27.2 Å². The smallest absolute Gasteiger partial charge is 0.332 e. The van der Waals surface area contributed by atoms with E-state index in [4.69, 9.17) is 5.26 Å². The number of hydrogen-bond donors (Lipinski definition) is 1. The summed E-state index contributed by atoms with van der Waals surface area (Å²) in [7, 11) is -3.60. The minimum atomic E-state index is -3.60. The fourth-order valence-electron chi connectivity index (χ4n) is 8.60. The zero-order valence-electron chi connectivity index (χ0n) is 21.7. The Labute approximate surface area is 218 Å². The minimum Gasteiger partial charge on any atom is -0.493 e. The number of piperidine rings is 1. The number of imidazole rings is 1. The van der Waals surface area contributed by atoms with Crippen molar-refractivity contribution in [1.82, 2.24) is 13.4 Å². The van der Waals surface area contributed by atoms with Crippen LogP contribution in [0.25, 0.3) is 0 Å². The van der Waals surface area contributed by atoms with Gasteiger partial charge in [-0.1, -0.05) is 38.1 Å². The van der Waals surface area contributed by atoms with Crippen LogP contribution >= 0.6 is 0 Å². The van der Waals surface area contributed by atoms with Gasteiger partial charge >= 0.3 is 5.69 Å². The van der Waals surface area contributed by atoms with E-state index in [9.17, 15) is 18.3 Å². The molecule has 2 heterocycles. The molecule has 6 rings (SSSR count). The summed E-state index contributed by atoms with van der Waals surface area (Å²) in [6.07, 6.45) is 7.41. The third-order valence-electron chi connectivity index (χ3n) is 10.9. The van der Waals surface area contributed by atoms with Crippen LogP contribution in [0.15, 0.2) is 35.3 Å². The van der Waals surface area contributed by atoms with Crippen LogP contribution in [0.2, 0.25) is 0 Å². The maximum absolute atomic E-state index is 14.0. The van der Waals surface area contributed by atoms with Crippen LogP contribution < -0.4 is 5.69 Å². The van der Waals surface area contributed by atoms with E-state index in [2.05, 4.69) is 38.1 Å². The number of sulfonamides is 1. The summed E-state index contributed by atoms with van der Waals surface area (Å²) >= 11 is 0. The molecule has 3 fully saturated rings. The molecule has 1 aromatic heterocycles. The van der Waals surface area contributed by atoms with Crippen molar-refractivity contribution in [2.45, 2.75) is 76.8 Å². The Morgan fingerprint density at radius 2 is 1.86 bits per heavy atom. The number of nitriles is 1. The summed E-state index contributed by atoms with van der Waals surface area (Å²) in [6, 6.07) is 10.1. The predicted molar refractivity (Wildman–Crippen MR) is 140 cm³/mol. The largest absolute Gasteiger partial charge is 0.493 e. The van der Waals surface area contributed by atoms with Gasteiger partial charge in [0.2, 0.25) is 15.9 Å². The maximum Gasteiger partial charge on any atom is 0.332 e. The number of nitrogens with zero attached hydrogens (tertiary/aromatic N) is 4. The van der Waals surface area contributed by atoms with Gasteiger partial charge in [0, 0.05) is 24.5 Å². The molecule has 1 N–H and O–H groups in total. The first-order chi connectivity index (χ1) is 17.5. The van der Waals surface area contributed by atoms with Crippen LogP contribution in [0.1, 0.15) is 69.5 Å². The molecule has 198 valence electrons. The van der Waals surface area contributed by atoms with E-state index in [1.54, 1.807) is 4.31 Å². The average Bonchev–Trinajstić information content (AvgIpc) is 3.49. The molecule has 37 heavy (non-hydrogen) atoms. The van der Waals surface area contributed by atoms with Crippen molar-refractivity contribution in [2.75, 3.05) is 18.8 Å². The Morgan fingerprint density at radius 3 is 2.57 bits per heavy atom. The second kappa shape index (κ2) is 8.21. The maximum atomic E-state index is 14.0. The normalized spacial score (nSPS) is 30.0. The van der Waals surface area contributed by atoms with Gasteiger partial charge in [-0.3, -0.25) is 9.13 Å². The zero-order valence-corrected chi connectivity index (χ0v) is 22.5. The Kier molecular flexibility index (Phi) is 5.49. The highest BCUT2D eigenvalue weighted by atomic mass is 32.2. The van der Waals surface area contributed by atoms with Crippen molar-refractivity contribution >= 4 is 10.0 Å². The molecule has 0 radical (unpaired) electrons. The number of aromatic hydroxyl groups is 1. The van der Waals surface area contributed by atoms with Crippen LogP contribution in [-0.4, -0.2) is 45.8 Å². The first-order valence-electron chi connectivity index (χ1n) is 13.5. The number of rotatable bonds is 5. The van der Waals surface area contributed by atoms with Crippen LogP contribution in [0, 0.1) is 28.1 Å². The average molecular weight is 525 g/mol. The van der Waals surface area contributed by atoms with Gasteiger partial charge in [0.1, 0.15) is 6.54 Å². The molecule has 0 amide bonds. The first-order valence-corrected chi connectivity index (χ1v) is 15.1. The van der Waals surface area contributed by atoms with E-state index in [-0.39, 0.29) is 34.9 Å². The second-order valence-corrected chi connectivity index (χ2v) is 14.4. The third kappa shape index (κ3) is 3.41. The van der Waals surface area contributed by atoms with Gasteiger partial charge in [-0.25, -0.2) is 17.5 Å². The quantitative estimate of drug-likeness (QED) is 0.644. The minimum absolute atomic E-state index is 0.0208. The topological polar surface area (TPSA) is 108 Å². The van der Waals surface area contributed by atoms with Crippen molar-refractivity contribution in [3.63, 3.8) is 0 Å². The van der Waals surface area contributed by atoms with E-state index >= 15 is 0 Å². The van der Waals surface area contributed by atoms with Crippen LogP contribution in [0.3, 0.4) is 0 Å². The number of hydrogen-bond acceptors (Lipinski definition) is 5. The Bertz CT molecular complexity index is 1440. The lowest BCUT2D eigenvalue weighted by Crippen LogP contribution is -2.51. The van der Waals surface area contributed by atoms with Gasteiger partial charge in [0.15, 0.2) is 0 Å². The van der Waals surface area contributed by atoms with E-state index in [0.29, 0.717) is 25.9 Å². The lowest BCUT2D eigenvalue weighted by Gasteiger charge is -2.45. The van der Waals surface area contributed by atoms with E-state index in [1.165, 1.54) is 26.5 Å². The van der Waals surface area contributed by atoms with Crippen LogP contribution in [0.5, 0.6) is 5.88 Å². The Balaban J connectivity index is 1.29. The fraction of sp³-hybridized carbons (Fsp3) is 0.643. The monoisotopic (exact) mass is 524 g/mol. The van der Waals surface area contributed by atoms with Gasteiger partial charge in [-0.05, 0) is 72.8 Å². The Hall–Kier alpha value is -2.57. The highest BCUT2D eigenvalue weighted by Gasteiger charge is 2.66. The molecule has 2 bridgehead atoms. The SMILES string of the molecule is CC1(C)[C@@H]2CC[C@@]1(CS(=O)(=O)N1CCC3(CCc4ccccc43)CC1)[C@@H](n1c(O)cn(CC#N)c1=O)C2. The molecule has 0 unspecified atom stereocenters. The second-order valence-electron chi connectivity index (χ2n) is 12.4. The summed E-state index contributed by atoms with van der Waals surface area (Å²) in [6.45, 7) is 5.16. The van der Waals surface area contributed by atoms with Gasteiger partial charge < -0.3 is 5.11 Å². The predicted octanol–water partition coefficient (Wildman–Crippen LogP) is 3.56. The summed E-state index contributed by atoms with van der Waals surface area (Å²) < 4.78 is 32.4. The van der Waals surface area contributed by atoms with Crippen molar-refractivity contribution in [3.8, 4) is 11.9 Å². The highest BCUT2D eigenvalue weighted by Crippen LogP contribution is 2.70. The molecule has 1 aliphatic heterocycles. The molecule has 1 spiro atoms. The van der Waals surface area contributed by atoms with Crippen molar-refractivity contribution in [2.24, 2.45) is 16.7 Å². The highest BCUT2D eigenvalue weighted by molar-refractivity contribution is 7.89. The number of benzene rings is 1. The summed E-state index contributed by atoms with van der Waals surface area (Å²) in [4.78, 5) is 13.2.